The molecule has 0 saturated heterocycles. The molecule has 5 heteroatoms. The van der Waals surface area contributed by atoms with E-state index in [0.717, 1.165) is 30.5 Å². The standard InChI is InChI=1S/C19H25FN2O2/c1-2-5-13(23)6-3-7-14(24)10-17-19-15(8-4-9-16(19)20)18-11-21-12-22(17)18/h4,8-9,11-14,17,23-24H,2-3,5-7,10H2,1H3. The number of aliphatic hydroxyl groups excluding tert-OH is 2. The topological polar surface area (TPSA) is 58.3 Å². The summed E-state index contributed by atoms with van der Waals surface area (Å²) in [6.45, 7) is 2.05. The molecule has 0 radical (unpaired) electrons. The van der Waals surface area contributed by atoms with Crippen LogP contribution < -0.4 is 0 Å². The van der Waals surface area contributed by atoms with Crippen molar-refractivity contribution in [2.24, 2.45) is 0 Å². The van der Waals surface area contributed by atoms with Crippen molar-refractivity contribution in [1.29, 1.82) is 0 Å². The minimum atomic E-state index is -0.523. The first-order valence-electron chi connectivity index (χ1n) is 8.78. The highest BCUT2D eigenvalue weighted by Gasteiger charge is 2.32. The summed E-state index contributed by atoms with van der Waals surface area (Å²) in [5.74, 6) is -0.230. The smallest absolute Gasteiger partial charge is 0.129 e. The summed E-state index contributed by atoms with van der Waals surface area (Å²) >= 11 is 0. The first kappa shape index (κ1) is 17.1. The lowest BCUT2D eigenvalue weighted by Crippen LogP contribution is -2.17. The van der Waals surface area contributed by atoms with Gasteiger partial charge in [-0.25, -0.2) is 9.37 Å². The van der Waals surface area contributed by atoms with Gasteiger partial charge in [-0.05, 0) is 38.2 Å². The van der Waals surface area contributed by atoms with Crippen LogP contribution in [0.5, 0.6) is 0 Å². The van der Waals surface area contributed by atoms with Crippen LogP contribution in [0, 0.1) is 5.82 Å². The van der Waals surface area contributed by atoms with Crippen molar-refractivity contribution in [2.75, 3.05) is 0 Å². The molecule has 3 rings (SSSR count). The van der Waals surface area contributed by atoms with Crippen molar-refractivity contribution in [3.05, 3.63) is 42.1 Å². The number of rotatable bonds is 8. The molecule has 2 heterocycles. The van der Waals surface area contributed by atoms with Gasteiger partial charge in [0.2, 0.25) is 0 Å². The Labute approximate surface area is 142 Å². The minimum absolute atomic E-state index is 0.214. The Morgan fingerprint density at radius 1 is 1.21 bits per heavy atom. The Hall–Kier alpha value is -1.72. The Morgan fingerprint density at radius 3 is 2.79 bits per heavy atom. The third-order valence-corrected chi connectivity index (χ3v) is 4.86. The number of aliphatic hydroxyl groups is 2. The summed E-state index contributed by atoms with van der Waals surface area (Å²) in [6, 6.07) is 4.87. The van der Waals surface area contributed by atoms with Crippen LogP contribution in [0.3, 0.4) is 0 Å². The normalized spacial score (nSPS) is 18.2. The highest BCUT2D eigenvalue weighted by Crippen LogP contribution is 2.42. The van der Waals surface area contributed by atoms with E-state index in [1.54, 1.807) is 18.6 Å². The van der Waals surface area contributed by atoms with Crippen LogP contribution >= 0.6 is 0 Å². The predicted octanol–water partition coefficient (Wildman–Crippen LogP) is 3.67. The molecule has 0 fully saturated rings. The second-order valence-electron chi connectivity index (χ2n) is 6.67. The zero-order valence-corrected chi connectivity index (χ0v) is 14.0. The number of aromatic nitrogens is 2. The molecular formula is C19H25FN2O2. The maximum atomic E-state index is 14.3. The molecule has 24 heavy (non-hydrogen) atoms. The maximum absolute atomic E-state index is 14.3. The Kier molecular flexibility index (Phi) is 5.31. The van der Waals surface area contributed by atoms with Gasteiger partial charge in [-0.2, -0.15) is 0 Å². The fraction of sp³-hybridized carbons (Fsp3) is 0.526. The predicted molar refractivity (Wildman–Crippen MR) is 91.1 cm³/mol. The first-order chi connectivity index (χ1) is 11.6. The van der Waals surface area contributed by atoms with Crippen LogP contribution in [0.4, 0.5) is 4.39 Å². The van der Waals surface area contributed by atoms with E-state index in [1.165, 1.54) is 6.07 Å². The molecule has 4 nitrogen and oxygen atoms in total. The van der Waals surface area contributed by atoms with E-state index in [4.69, 9.17) is 0 Å². The van der Waals surface area contributed by atoms with E-state index < -0.39 is 6.10 Å². The van der Waals surface area contributed by atoms with Gasteiger partial charge >= 0.3 is 0 Å². The number of nitrogens with zero attached hydrogens (tertiary/aromatic N) is 2. The molecule has 3 unspecified atom stereocenters. The van der Waals surface area contributed by atoms with Gasteiger partial charge in [0, 0.05) is 11.1 Å². The molecule has 1 aromatic heterocycles. The van der Waals surface area contributed by atoms with Crippen LogP contribution in [0.1, 0.15) is 57.1 Å². The average Bonchev–Trinajstić information content (AvgIpc) is 3.11. The first-order valence-corrected chi connectivity index (χ1v) is 8.78. The SMILES string of the molecule is CCCC(O)CCCC(O)CC1c2c(F)cccc2-c2cncn21. The molecule has 2 aromatic rings. The zero-order chi connectivity index (χ0) is 17.1. The van der Waals surface area contributed by atoms with E-state index in [0.29, 0.717) is 24.8 Å². The molecule has 1 aliphatic rings. The summed E-state index contributed by atoms with van der Waals surface area (Å²) in [5.41, 5.74) is 2.42. The van der Waals surface area contributed by atoms with Crippen LogP contribution in [-0.4, -0.2) is 32.0 Å². The molecule has 0 bridgehead atoms. The van der Waals surface area contributed by atoms with Crippen molar-refractivity contribution in [1.82, 2.24) is 9.55 Å². The van der Waals surface area contributed by atoms with E-state index in [9.17, 15) is 14.6 Å². The molecule has 3 atom stereocenters. The number of imidazole rings is 1. The lowest BCUT2D eigenvalue weighted by molar-refractivity contribution is 0.117. The van der Waals surface area contributed by atoms with Gasteiger partial charge in [0.25, 0.3) is 0 Å². The van der Waals surface area contributed by atoms with E-state index >= 15 is 0 Å². The second-order valence-corrected chi connectivity index (χ2v) is 6.67. The molecular weight excluding hydrogens is 307 g/mol. The monoisotopic (exact) mass is 332 g/mol. The zero-order valence-electron chi connectivity index (χ0n) is 14.0. The number of benzene rings is 1. The summed E-state index contributed by atoms with van der Waals surface area (Å²) in [6.07, 6.45) is 6.96. The van der Waals surface area contributed by atoms with E-state index in [1.807, 2.05) is 17.6 Å². The molecule has 0 amide bonds. The highest BCUT2D eigenvalue weighted by molar-refractivity contribution is 5.69. The van der Waals surface area contributed by atoms with Crippen molar-refractivity contribution < 1.29 is 14.6 Å². The number of hydrogen-bond acceptors (Lipinski definition) is 3. The van der Waals surface area contributed by atoms with E-state index in [2.05, 4.69) is 4.98 Å². The van der Waals surface area contributed by atoms with Gasteiger partial charge in [-0.3, -0.25) is 0 Å². The second kappa shape index (κ2) is 7.45. The third-order valence-electron chi connectivity index (χ3n) is 4.86. The van der Waals surface area contributed by atoms with Gasteiger partial charge in [0.05, 0.1) is 36.5 Å². The lowest BCUT2D eigenvalue weighted by Gasteiger charge is -2.20. The van der Waals surface area contributed by atoms with Crippen LogP contribution in [-0.2, 0) is 0 Å². The van der Waals surface area contributed by atoms with Crippen molar-refractivity contribution >= 4 is 0 Å². The highest BCUT2D eigenvalue weighted by atomic mass is 19.1. The van der Waals surface area contributed by atoms with Gasteiger partial charge in [0.1, 0.15) is 5.82 Å². The van der Waals surface area contributed by atoms with Crippen LogP contribution in [0.15, 0.2) is 30.7 Å². The molecule has 0 saturated carbocycles. The lowest BCUT2D eigenvalue weighted by atomic mass is 9.95. The Bertz CT molecular complexity index is 686. The quantitative estimate of drug-likeness (QED) is 0.775. The number of hydrogen-bond donors (Lipinski definition) is 2. The van der Waals surface area contributed by atoms with Crippen molar-refractivity contribution in [2.45, 2.75) is 63.7 Å². The molecule has 130 valence electrons. The fourth-order valence-electron chi connectivity index (χ4n) is 3.67. The van der Waals surface area contributed by atoms with Crippen LogP contribution in [0.2, 0.25) is 0 Å². The van der Waals surface area contributed by atoms with Crippen molar-refractivity contribution in [3.8, 4) is 11.3 Å². The maximum Gasteiger partial charge on any atom is 0.129 e. The molecule has 0 aliphatic carbocycles. The molecule has 1 aliphatic heterocycles. The summed E-state index contributed by atoms with van der Waals surface area (Å²) < 4.78 is 16.3. The Morgan fingerprint density at radius 2 is 2.00 bits per heavy atom. The average molecular weight is 332 g/mol. The van der Waals surface area contributed by atoms with Gasteiger partial charge in [-0.1, -0.05) is 25.5 Å². The molecule has 1 aromatic carbocycles. The van der Waals surface area contributed by atoms with Crippen molar-refractivity contribution in [3.63, 3.8) is 0 Å². The molecule has 2 N–H and O–H groups in total. The third kappa shape index (κ3) is 3.37. The molecule has 0 spiro atoms. The van der Waals surface area contributed by atoms with Gasteiger partial charge in [0.15, 0.2) is 0 Å². The van der Waals surface area contributed by atoms with Gasteiger partial charge in [-0.15, -0.1) is 0 Å². The van der Waals surface area contributed by atoms with E-state index in [-0.39, 0.29) is 18.0 Å². The summed E-state index contributed by atoms with van der Waals surface area (Å²) in [4.78, 5) is 4.16. The summed E-state index contributed by atoms with van der Waals surface area (Å²) in [7, 11) is 0. The summed E-state index contributed by atoms with van der Waals surface area (Å²) in [5, 5.41) is 20.2. The number of fused-ring (bicyclic) bond motifs is 3. The number of halogens is 1. The minimum Gasteiger partial charge on any atom is -0.393 e. The van der Waals surface area contributed by atoms with Crippen LogP contribution in [0.25, 0.3) is 11.3 Å². The largest absolute Gasteiger partial charge is 0.393 e. The Balaban J connectivity index is 1.65. The van der Waals surface area contributed by atoms with Gasteiger partial charge < -0.3 is 14.8 Å². The fourth-order valence-corrected chi connectivity index (χ4v) is 3.67.